The highest BCUT2D eigenvalue weighted by Crippen LogP contribution is 2.14. The van der Waals surface area contributed by atoms with Crippen molar-refractivity contribution in [2.75, 3.05) is 13.2 Å². The molecule has 0 aliphatic rings. The first kappa shape index (κ1) is 71.8. The van der Waals surface area contributed by atoms with Gasteiger partial charge in [-0.25, -0.2) is 0 Å². The summed E-state index contributed by atoms with van der Waals surface area (Å²) in [5.41, 5.74) is 0. The Morgan fingerprint density at radius 1 is 0.286 bits per heavy atom. The third kappa shape index (κ3) is 61.5. The van der Waals surface area contributed by atoms with Crippen LogP contribution in [0.5, 0.6) is 0 Å². The van der Waals surface area contributed by atoms with E-state index < -0.39 is 12.1 Å². The van der Waals surface area contributed by atoms with Gasteiger partial charge < -0.3 is 14.2 Å². The minimum Gasteiger partial charge on any atom is -0.462 e. The molecule has 0 rings (SSSR count). The topological polar surface area (TPSA) is 78.9 Å². The first-order valence-corrected chi connectivity index (χ1v) is 30.6. The molecule has 0 aromatic heterocycles. The molecule has 0 aliphatic heterocycles. The van der Waals surface area contributed by atoms with E-state index in [0.29, 0.717) is 6.42 Å². The van der Waals surface area contributed by atoms with Gasteiger partial charge in [-0.2, -0.15) is 0 Å². The second kappa shape index (κ2) is 63.3. The van der Waals surface area contributed by atoms with Gasteiger partial charge in [0.1, 0.15) is 13.2 Å². The van der Waals surface area contributed by atoms with Crippen molar-refractivity contribution in [1.29, 1.82) is 0 Å². The molecule has 0 aliphatic carbocycles. The maximum atomic E-state index is 12.9. The molecule has 0 aromatic rings. The molecule has 0 radical (unpaired) electrons. The highest BCUT2D eigenvalue weighted by molar-refractivity contribution is 5.72. The number of hydrogen-bond donors (Lipinski definition) is 0. The average molecular weight is 1060 g/mol. The van der Waals surface area contributed by atoms with E-state index >= 15 is 0 Å². The Morgan fingerprint density at radius 2 is 0.558 bits per heavy atom. The predicted octanol–water partition coefficient (Wildman–Crippen LogP) is 21.1. The summed E-state index contributed by atoms with van der Waals surface area (Å²) in [5.74, 6) is -1.11. The largest absolute Gasteiger partial charge is 0.462 e. The quantitative estimate of drug-likeness (QED) is 0.0261. The first-order valence-electron chi connectivity index (χ1n) is 30.6. The van der Waals surface area contributed by atoms with Crippen LogP contribution in [0, 0.1) is 0 Å². The van der Waals surface area contributed by atoms with Crippen molar-refractivity contribution in [3.05, 3.63) is 170 Å². The number of allylic oxidation sites excluding steroid dienone is 27. The Labute approximate surface area is 472 Å². The molecule has 6 nitrogen and oxygen atoms in total. The predicted molar refractivity (Wildman–Crippen MR) is 334 cm³/mol. The third-order valence-electron chi connectivity index (χ3n) is 12.2. The molecule has 6 heteroatoms. The Bertz CT molecular complexity index is 1790. The molecule has 0 amide bonds. The molecular weight excluding hydrogens is 949 g/mol. The van der Waals surface area contributed by atoms with Crippen LogP contribution in [0.4, 0.5) is 0 Å². The van der Waals surface area contributed by atoms with E-state index in [1.165, 1.54) is 70.6 Å². The van der Waals surface area contributed by atoms with Crippen molar-refractivity contribution in [1.82, 2.24) is 0 Å². The van der Waals surface area contributed by atoms with E-state index in [-0.39, 0.29) is 38.0 Å². The number of unbranched alkanes of at least 4 members (excludes halogenated alkanes) is 15. The number of ether oxygens (including phenoxy) is 3. The summed E-state index contributed by atoms with van der Waals surface area (Å²) in [6, 6.07) is 0. The zero-order chi connectivity index (χ0) is 55.7. The second-order valence-electron chi connectivity index (χ2n) is 19.5. The minimum atomic E-state index is -0.845. The molecule has 0 aromatic carbocycles. The van der Waals surface area contributed by atoms with Crippen LogP contribution in [0.25, 0.3) is 0 Å². The molecule has 0 heterocycles. The van der Waals surface area contributed by atoms with Crippen molar-refractivity contribution >= 4 is 17.9 Å². The van der Waals surface area contributed by atoms with Gasteiger partial charge in [-0.3, -0.25) is 14.4 Å². The lowest BCUT2D eigenvalue weighted by molar-refractivity contribution is -0.166. The Morgan fingerprint density at radius 3 is 0.922 bits per heavy atom. The van der Waals surface area contributed by atoms with Crippen LogP contribution >= 0.6 is 0 Å². The number of hydrogen-bond acceptors (Lipinski definition) is 6. The SMILES string of the molecule is CC/C=C\C/C=C\C/C=C\C/C=C\C/C=C\C/C=C\C/C=C\CCCCCC(=O)OCC(COC(=O)C/C=C\C/C=C\C/C=C\C/C=C\C/C=C\CC)OC(=O)CCCCCCCCCCC/C=C\C/C=C\CCCCC. The second-order valence-corrected chi connectivity index (χ2v) is 19.5. The van der Waals surface area contributed by atoms with Gasteiger partial charge in [0, 0.05) is 12.8 Å². The maximum Gasteiger partial charge on any atom is 0.309 e. The van der Waals surface area contributed by atoms with E-state index in [1.807, 2.05) is 6.08 Å². The molecule has 0 fully saturated rings. The minimum absolute atomic E-state index is 0.111. The standard InChI is InChI=1S/C71H110O6/c1-4-7-10-13-16-19-22-25-28-30-32-33-34-35-36-37-39-40-43-46-49-52-55-58-61-64-70(73)76-67-68(66-75-69(72)63-60-57-54-51-48-45-42-27-24-21-18-15-12-9-6-3)77-71(74)65-62-59-56-53-50-47-44-41-38-31-29-26-23-20-17-14-11-8-5-2/h7,9-10,12,16-21,25-29,32-33,35-36,39-40,42,46,48-49,51,57,60,68H,4-6,8,11,13-15,22-24,30-31,34,37-38,41,43-45,47,50,52-56,58-59,61-67H2,1-3H3/b10-7-,12-9-,19-16-,20-17-,21-18-,28-25-,29-26-,33-32-,36-35-,40-39-,42-27-,49-46-,51-48-,60-57-. The van der Waals surface area contributed by atoms with Gasteiger partial charge in [0.05, 0.1) is 6.42 Å². The highest BCUT2D eigenvalue weighted by Gasteiger charge is 2.19. The molecule has 1 atom stereocenters. The average Bonchev–Trinajstić information content (AvgIpc) is 3.43. The molecular formula is C71H110O6. The van der Waals surface area contributed by atoms with Gasteiger partial charge in [-0.05, 0) is 135 Å². The van der Waals surface area contributed by atoms with Crippen molar-refractivity contribution in [3.8, 4) is 0 Å². The lowest BCUT2D eigenvalue weighted by Crippen LogP contribution is -2.30. The van der Waals surface area contributed by atoms with Gasteiger partial charge in [0.25, 0.3) is 0 Å². The molecule has 77 heavy (non-hydrogen) atoms. The molecule has 430 valence electrons. The van der Waals surface area contributed by atoms with E-state index in [1.54, 1.807) is 6.08 Å². The van der Waals surface area contributed by atoms with Crippen LogP contribution in [0.1, 0.15) is 239 Å². The fourth-order valence-corrected chi connectivity index (χ4v) is 7.70. The molecule has 0 saturated carbocycles. The maximum absolute atomic E-state index is 12.9. The van der Waals surface area contributed by atoms with Crippen molar-refractivity contribution in [2.45, 2.75) is 245 Å². The van der Waals surface area contributed by atoms with Gasteiger partial charge >= 0.3 is 17.9 Å². The fourth-order valence-electron chi connectivity index (χ4n) is 7.70. The van der Waals surface area contributed by atoms with E-state index in [9.17, 15) is 14.4 Å². The lowest BCUT2D eigenvalue weighted by atomic mass is 10.1. The number of carbonyl (C=O) groups excluding carboxylic acids is 3. The van der Waals surface area contributed by atoms with Gasteiger partial charge in [-0.1, -0.05) is 255 Å². The Balaban J connectivity index is 4.56. The van der Waals surface area contributed by atoms with E-state index in [2.05, 4.69) is 179 Å². The lowest BCUT2D eigenvalue weighted by Gasteiger charge is -2.18. The Hall–Kier alpha value is -5.23. The van der Waals surface area contributed by atoms with E-state index in [0.717, 1.165) is 128 Å². The Kier molecular flexibility index (Phi) is 59.0. The zero-order valence-electron chi connectivity index (χ0n) is 49.1. The normalized spacial score (nSPS) is 13.3. The van der Waals surface area contributed by atoms with Crippen molar-refractivity contribution in [3.63, 3.8) is 0 Å². The zero-order valence-corrected chi connectivity index (χ0v) is 49.1. The van der Waals surface area contributed by atoms with Crippen molar-refractivity contribution < 1.29 is 28.6 Å². The molecule has 0 spiro atoms. The van der Waals surface area contributed by atoms with Gasteiger partial charge in [0.2, 0.25) is 0 Å². The smallest absolute Gasteiger partial charge is 0.309 e. The summed E-state index contributed by atoms with van der Waals surface area (Å²) in [4.78, 5) is 38.2. The van der Waals surface area contributed by atoms with Gasteiger partial charge in [-0.15, -0.1) is 0 Å². The van der Waals surface area contributed by atoms with Crippen LogP contribution in [-0.4, -0.2) is 37.2 Å². The monoisotopic (exact) mass is 1060 g/mol. The molecule has 0 N–H and O–H groups in total. The van der Waals surface area contributed by atoms with Crippen molar-refractivity contribution in [2.24, 2.45) is 0 Å². The third-order valence-corrected chi connectivity index (χ3v) is 12.2. The summed E-state index contributed by atoms with van der Waals surface area (Å²) in [6.07, 6.45) is 93.7. The van der Waals surface area contributed by atoms with Gasteiger partial charge in [0.15, 0.2) is 6.10 Å². The summed E-state index contributed by atoms with van der Waals surface area (Å²) >= 11 is 0. The number of carbonyl (C=O) groups is 3. The molecule has 0 bridgehead atoms. The van der Waals surface area contributed by atoms with Crippen LogP contribution in [0.2, 0.25) is 0 Å². The summed E-state index contributed by atoms with van der Waals surface area (Å²) in [6.45, 7) is 6.26. The summed E-state index contributed by atoms with van der Waals surface area (Å²) in [5, 5.41) is 0. The van der Waals surface area contributed by atoms with E-state index in [4.69, 9.17) is 14.2 Å². The van der Waals surface area contributed by atoms with Crippen LogP contribution < -0.4 is 0 Å². The molecule has 0 saturated heterocycles. The molecule has 1 unspecified atom stereocenters. The summed E-state index contributed by atoms with van der Waals surface area (Å²) < 4.78 is 16.8. The summed E-state index contributed by atoms with van der Waals surface area (Å²) in [7, 11) is 0. The van der Waals surface area contributed by atoms with Crippen LogP contribution in [-0.2, 0) is 28.6 Å². The fraction of sp³-hybridized carbons (Fsp3) is 0.563. The van der Waals surface area contributed by atoms with Crippen LogP contribution in [0.15, 0.2) is 170 Å². The number of rotatable bonds is 53. The van der Waals surface area contributed by atoms with Crippen LogP contribution in [0.3, 0.4) is 0 Å². The highest BCUT2D eigenvalue weighted by atomic mass is 16.6. The number of esters is 3. The first-order chi connectivity index (χ1) is 38.0.